The van der Waals surface area contributed by atoms with Crippen molar-refractivity contribution in [2.45, 2.75) is 6.04 Å². The highest BCUT2D eigenvalue weighted by Gasteiger charge is 2.30. The fourth-order valence-corrected chi connectivity index (χ4v) is 1.82. The molecule has 10 heavy (non-hydrogen) atoms. The van der Waals surface area contributed by atoms with Gasteiger partial charge in [0.15, 0.2) is 0 Å². The Morgan fingerprint density at radius 2 is 2.50 bits per heavy atom. The maximum Gasteiger partial charge on any atom is 0.327 e. The number of hydrogen-bond acceptors (Lipinski definition) is 3. The SMILES string of the molecule is O=[C]N1CSCC1C(=O)O. The summed E-state index contributed by atoms with van der Waals surface area (Å²) in [6.45, 7) is 0. The van der Waals surface area contributed by atoms with Gasteiger partial charge >= 0.3 is 12.4 Å². The molecule has 0 bridgehead atoms. The van der Waals surface area contributed by atoms with Gasteiger partial charge in [0.05, 0.1) is 5.88 Å². The molecule has 55 valence electrons. The number of aliphatic carboxylic acids is 1. The van der Waals surface area contributed by atoms with Crippen molar-refractivity contribution in [2.24, 2.45) is 0 Å². The van der Waals surface area contributed by atoms with E-state index in [1.807, 2.05) is 0 Å². The Hall–Kier alpha value is -0.710. The van der Waals surface area contributed by atoms with Gasteiger partial charge in [0.25, 0.3) is 0 Å². The molecule has 1 radical (unpaired) electrons. The van der Waals surface area contributed by atoms with Gasteiger partial charge in [0.2, 0.25) is 0 Å². The van der Waals surface area contributed by atoms with Crippen LogP contribution < -0.4 is 0 Å². The maximum absolute atomic E-state index is 10.3. The average Bonchev–Trinajstić information content (AvgIpc) is 2.33. The van der Waals surface area contributed by atoms with Gasteiger partial charge < -0.3 is 10.0 Å². The smallest absolute Gasteiger partial charge is 0.327 e. The number of rotatable bonds is 2. The van der Waals surface area contributed by atoms with Gasteiger partial charge in [-0.2, -0.15) is 0 Å². The summed E-state index contributed by atoms with van der Waals surface area (Å²) >= 11 is 1.43. The van der Waals surface area contributed by atoms with E-state index < -0.39 is 12.0 Å². The van der Waals surface area contributed by atoms with E-state index in [0.717, 1.165) is 4.90 Å². The number of thioether (sulfide) groups is 1. The van der Waals surface area contributed by atoms with Crippen molar-refractivity contribution in [3.8, 4) is 0 Å². The van der Waals surface area contributed by atoms with E-state index in [1.165, 1.54) is 11.8 Å². The molecule has 0 saturated carbocycles. The van der Waals surface area contributed by atoms with Crippen molar-refractivity contribution >= 4 is 24.1 Å². The molecule has 0 aromatic carbocycles. The molecule has 1 heterocycles. The van der Waals surface area contributed by atoms with Gasteiger partial charge in [-0.25, -0.2) is 4.79 Å². The van der Waals surface area contributed by atoms with Crippen LogP contribution in [0.3, 0.4) is 0 Å². The topological polar surface area (TPSA) is 57.6 Å². The molecule has 1 rings (SSSR count). The van der Waals surface area contributed by atoms with Gasteiger partial charge in [0, 0.05) is 5.75 Å². The van der Waals surface area contributed by atoms with E-state index in [2.05, 4.69) is 0 Å². The van der Waals surface area contributed by atoms with E-state index in [-0.39, 0.29) is 0 Å². The molecule has 1 aliphatic heterocycles. The van der Waals surface area contributed by atoms with E-state index >= 15 is 0 Å². The fourth-order valence-electron chi connectivity index (χ4n) is 0.737. The molecule has 0 spiro atoms. The monoisotopic (exact) mass is 160 g/mol. The highest BCUT2D eigenvalue weighted by molar-refractivity contribution is 7.99. The lowest BCUT2D eigenvalue weighted by Crippen LogP contribution is -2.36. The second kappa shape index (κ2) is 2.92. The highest BCUT2D eigenvalue weighted by Crippen LogP contribution is 2.18. The lowest BCUT2D eigenvalue weighted by atomic mass is 10.3. The quantitative estimate of drug-likeness (QED) is 0.592. The number of hydrogen-bond donors (Lipinski definition) is 1. The second-order valence-electron chi connectivity index (χ2n) is 1.92. The van der Waals surface area contributed by atoms with Crippen LogP contribution in [-0.2, 0) is 9.59 Å². The number of carboxylic acid groups (broad SMARTS) is 1. The molecule has 0 aliphatic carbocycles. The van der Waals surface area contributed by atoms with Crippen LogP contribution >= 0.6 is 11.8 Å². The summed E-state index contributed by atoms with van der Waals surface area (Å²) in [4.78, 5) is 21.5. The zero-order valence-corrected chi connectivity index (χ0v) is 5.93. The van der Waals surface area contributed by atoms with Crippen molar-refractivity contribution in [1.82, 2.24) is 4.90 Å². The van der Waals surface area contributed by atoms with Crippen LogP contribution in [0.15, 0.2) is 0 Å². The van der Waals surface area contributed by atoms with Gasteiger partial charge in [-0.3, -0.25) is 4.79 Å². The van der Waals surface area contributed by atoms with Crippen molar-refractivity contribution < 1.29 is 14.7 Å². The number of nitrogens with zero attached hydrogens (tertiary/aromatic N) is 1. The van der Waals surface area contributed by atoms with Crippen LogP contribution in [-0.4, -0.2) is 40.1 Å². The van der Waals surface area contributed by atoms with Crippen molar-refractivity contribution in [2.75, 3.05) is 11.6 Å². The summed E-state index contributed by atoms with van der Waals surface area (Å²) in [5.41, 5.74) is 0. The summed E-state index contributed by atoms with van der Waals surface area (Å²) in [5.74, 6) is -0.0289. The van der Waals surface area contributed by atoms with Gasteiger partial charge in [0.1, 0.15) is 6.04 Å². The summed E-state index contributed by atoms with van der Waals surface area (Å²) in [5, 5.41) is 8.48. The minimum Gasteiger partial charge on any atom is -0.480 e. The Kier molecular flexibility index (Phi) is 2.16. The van der Waals surface area contributed by atoms with Crippen molar-refractivity contribution in [3.05, 3.63) is 0 Å². The second-order valence-corrected chi connectivity index (χ2v) is 2.91. The lowest BCUT2D eigenvalue weighted by Gasteiger charge is -2.11. The Bertz CT molecular complexity index is 161. The number of carboxylic acids is 1. The first-order valence-corrected chi connectivity index (χ1v) is 3.86. The molecule has 1 atom stereocenters. The van der Waals surface area contributed by atoms with Crippen LogP contribution in [0.25, 0.3) is 0 Å². The van der Waals surface area contributed by atoms with Crippen LogP contribution in [0, 0.1) is 0 Å². The van der Waals surface area contributed by atoms with E-state index in [4.69, 9.17) is 5.11 Å². The molecule has 1 aliphatic rings. The molecule has 0 aromatic heterocycles. The van der Waals surface area contributed by atoms with Crippen LogP contribution in [0.4, 0.5) is 0 Å². The third-order valence-electron chi connectivity index (χ3n) is 1.28. The lowest BCUT2D eigenvalue weighted by molar-refractivity contribution is -0.140. The number of carbonyl (C=O) groups is 1. The normalized spacial score (nSPS) is 24.8. The first kappa shape index (κ1) is 7.40. The molecule has 1 saturated heterocycles. The van der Waals surface area contributed by atoms with Gasteiger partial charge in [-0.1, -0.05) is 0 Å². The third-order valence-corrected chi connectivity index (χ3v) is 2.30. The van der Waals surface area contributed by atoms with Crippen LogP contribution in [0.2, 0.25) is 0 Å². The fraction of sp³-hybridized carbons (Fsp3) is 0.600. The highest BCUT2D eigenvalue weighted by atomic mass is 32.2. The predicted molar refractivity (Wildman–Crippen MR) is 36.3 cm³/mol. The first-order valence-electron chi connectivity index (χ1n) is 2.70. The van der Waals surface area contributed by atoms with Crippen LogP contribution in [0.1, 0.15) is 0 Å². The molecule has 5 heteroatoms. The third kappa shape index (κ3) is 1.23. The molecule has 1 N–H and O–H groups in total. The number of carbonyl (C=O) groups excluding carboxylic acids is 1. The summed E-state index contributed by atoms with van der Waals surface area (Å²) < 4.78 is 0. The molecular formula is C5H6NO3S. The first-order chi connectivity index (χ1) is 4.75. The molecule has 1 fully saturated rings. The molecule has 4 nitrogen and oxygen atoms in total. The summed E-state index contributed by atoms with van der Waals surface area (Å²) in [7, 11) is 0. The molecule has 1 unspecified atom stereocenters. The zero-order chi connectivity index (χ0) is 7.56. The zero-order valence-electron chi connectivity index (χ0n) is 5.11. The minimum absolute atomic E-state index is 0.445. The average molecular weight is 160 g/mol. The molecule has 0 aromatic rings. The minimum atomic E-state index is -0.951. The van der Waals surface area contributed by atoms with E-state index in [0.29, 0.717) is 11.6 Å². The Balaban J connectivity index is 2.58. The molecular weight excluding hydrogens is 154 g/mol. The standard InChI is InChI=1S/C5H6NO3S/c7-2-6-3-10-1-4(6)5(8)9/h4H,1,3H2,(H,8,9). The predicted octanol–water partition coefficient (Wildman–Crippen LogP) is -0.487. The Morgan fingerprint density at radius 1 is 1.80 bits per heavy atom. The Labute approximate surface area is 62.2 Å². The number of amides is 1. The van der Waals surface area contributed by atoms with Gasteiger partial charge in [-0.15, -0.1) is 11.8 Å². The Morgan fingerprint density at radius 3 is 2.90 bits per heavy atom. The largest absolute Gasteiger partial charge is 0.480 e. The summed E-state index contributed by atoms with van der Waals surface area (Å²) in [6.07, 6.45) is 1.58. The van der Waals surface area contributed by atoms with Crippen molar-refractivity contribution in [1.29, 1.82) is 0 Å². The van der Waals surface area contributed by atoms with E-state index in [9.17, 15) is 9.59 Å². The van der Waals surface area contributed by atoms with E-state index in [1.54, 1.807) is 6.41 Å². The van der Waals surface area contributed by atoms with Crippen molar-refractivity contribution in [3.63, 3.8) is 0 Å². The molecule has 1 amide bonds. The van der Waals surface area contributed by atoms with Gasteiger partial charge in [-0.05, 0) is 0 Å². The maximum atomic E-state index is 10.3. The van der Waals surface area contributed by atoms with Crippen LogP contribution in [0.5, 0.6) is 0 Å². The summed E-state index contributed by atoms with van der Waals surface area (Å²) in [6, 6.07) is -0.664.